The van der Waals surface area contributed by atoms with E-state index in [-0.39, 0.29) is 18.0 Å². The van der Waals surface area contributed by atoms with Gasteiger partial charge in [-0.1, -0.05) is 29.8 Å². The van der Waals surface area contributed by atoms with Crippen LogP contribution in [0.4, 0.5) is 0 Å². The van der Waals surface area contributed by atoms with Crippen LogP contribution in [0.25, 0.3) is 0 Å². The third kappa shape index (κ3) is 5.16. The van der Waals surface area contributed by atoms with E-state index in [2.05, 4.69) is 15.5 Å². The Morgan fingerprint density at radius 3 is 2.91 bits per heavy atom. The molecule has 0 radical (unpaired) electrons. The Morgan fingerprint density at radius 2 is 2.27 bits per heavy atom. The van der Waals surface area contributed by atoms with Crippen molar-refractivity contribution in [3.05, 3.63) is 34.9 Å². The first-order valence-electron chi connectivity index (χ1n) is 7.56. The molecule has 0 bridgehead atoms. The van der Waals surface area contributed by atoms with Crippen molar-refractivity contribution in [2.24, 2.45) is 0 Å². The second-order valence-corrected chi connectivity index (χ2v) is 7.29. The number of rotatable bonds is 6. The van der Waals surface area contributed by atoms with Crippen molar-refractivity contribution in [3.8, 4) is 0 Å². The molecule has 1 aliphatic rings. The zero-order valence-corrected chi connectivity index (χ0v) is 14.7. The van der Waals surface area contributed by atoms with Gasteiger partial charge in [0, 0.05) is 42.1 Å². The third-order valence-electron chi connectivity index (χ3n) is 3.81. The van der Waals surface area contributed by atoms with Gasteiger partial charge in [0.25, 0.3) is 0 Å². The van der Waals surface area contributed by atoms with Gasteiger partial charge >= 0.3 is 0 Å². The molecule has 6 heteroatoms. The number of halogens is 1. The summed E-state index contributed by atoms with van der Waals surface area (Å²) in [6.07, 6.45) is 0.537. The Labute approximate surface area is 142 Å². The van der Waals surface area contributed by atoms with Crippen LogP contribution in [0.5, 0.6) is 0 Å². The fourth-order valence-electron chi connectivity index (χ4n) is 2.57. The summed E-state index contributed by atoms with van der Waals surface area (Å²) in [5.41, 5.74) is 1.04. The Morgan fingerprint density at radius 1 is 1.50 bits per heavy atom. The number of nitrogens with zero attached hydrogens (tertiary/aromatic N) is 1. The molecule has 1 saturated heterocycles. The van der Waals surface area contributed by atoms with Crippen molar-refractivity contribution in [2.75, 3.05) is 38.7 Å². The molecule has 1 aliphatic heterocycles. The Bertz CT molecular complexity index is 492. The number of amides is 1. The van der Waals surface area contributed by atoms with Gasteiger partial charge < -0.3 is 15.5 Å². The predicted octanol–water partition coefficient (Wildman–Crippen LogP) is 2.15. The van der Waals surface area contributed by atoms with Crippen LogP contribution >= 0.6 is 23.4 Å². The van der Waals surface area contributed by atoms with E-state index < -0.39 is 0 Å². The van der Waals surface area contributed by atoms with E-state index in [9.17, 15) is 4.79 Å². The third-order valence-corrected chi connectivity index (χ3v) is 5.29. The summed E-state index contributed by atoms with van der Waals surface area (Å²) >= 11 is 8.19. The number of nitrogens with one attached hydrogen (secondary N) is 2. The summed E-state index contributed by atoms with van der Waals surface area (Å²) < 4.78 is 0. The lowest BCUT2D eigenvalue weighted by molar-refractivity contribution is -0.121. The van der Waals surface area contributed by atoms with E-state index in [1.165, 1.54) is 0 Å². The summed E-state index contributed by atoms with van der Waals surface area (Å²) in [5.74, 6) is 2.24. The molecule has 4 nitrogen and oxygen atoms in total. The van der Waals surface area contributed by atoms with Gasteiger partial charge in [-0.15, -0.1) is 0 Å². The quantitative estimate of drug-likeness (QED) is 0.832. The van der Waals surface area contributed by atoms with Gasteiger partial charge in [-0.05, 0) is 25.7 Å². The first-order valence-corrected chi connectivity index (χ1v) is 9.10. The van der Waals surface area contributed by atoms with Crippen molar-refractivity contribution in [2.45, 2.75) is 18.5 Å². The summed E-state index contributed by atoms with van der Waals surface area (Å²) in [7, 11) is 4.00. The highest BCUT2D eigenvalue weighted by molar-refractivity contribution is 7.99. The van der Waals surface area contributed by atoms with Crippen LogP contribution < -0.4 is 10.6 Å². The molecule has 1 aromatic carbocycles. The molecule has 1 fully saturated rings. The lowest BCUT2D eigenvalue weighted by Crippen LogP contribution is -2.42. The van der Waals surface area contributed by atoms with Crippen LogP contribution in [-0.4, -0.2) is 55.5 Å². The molecule has 0 spiro atoms. The van der Waals surface area contributed by atoms with Crippen molar-refractivity contribution < 1.29 is 4.79 Å². The van der Waals surface area contributed by atoms with Crippen LogP contribution in [0.2, 0.25) is 5.02 Å². The number of carbonyl (C=O) groups excluding carboxylic acids is 1. The van der Waals surface area contributed by atoms with E-state index in [4.69, 9.17) is 11.6 Å². The van der Waals surface area contributed by atoms with Crippen LogP contribution in [-0.2, 0) is 4.79 Å². The number of likely N-dealkylation sites (N-methyl/N-ethyl adjacent to an activating group) is 1. The second-order valence-electron chi connectivity index (χ2n) is 5.74. The van der Waals surface area contributed by atoms with E-state index in [1.54, 1.807) is 0 Å². The molecule has 0 aliphatic carbocycles. The first-order chi connectivity index (χ1) is 10.6. The highest BCUT2D eigenvalue weighted by Gasteiger charge is 2.20. The average molecular weight is 342 g/mol. The van der Waals surface area contributed by atoms with Gasteiger partial charge in [-0.25, -0.2) is 0 Å². The molecule has 0 aromatic heterocycles. The number of hydrogen-bond donors (Lipinski definition) is 2. The first kappa shape index (κ1) is 17.6. The molecular weight excluding hydrogens is 318 g/mol. The molecule has 2 N–H and O–H groups in total. The predicted molar refractivity (Wildman–Crippen MR) is 94.6 cm³/mol. The summed E-state index contributed by atoms with van der Waals surface area (Å²) in [4.78, 5) is 14.2. The molecule has 2 atom stereocenters. The Kier molecular flexibility index (Phi) is 7.02. The smallest absolute Gasteiger partial charge is 0.221 e. The highest BCUT2D eigenvalue weighted by atomic mass is 35.5. The van der Waals surface area contributed by atoms with Gasteiger partial charge in [0.1, 0.15) is 0 Å². The van der Waals surface area contributed by atoms with E-state index in [1.807, 2.05) is 50.1 Å². The average Bonchev–Trinajstić information content (AvgIpc) is 2.50. The number of benzene rings is 1. The maximum atomic E-state index is 12.1. The monoisotopic (exact) mass is 341 g/mol. The molecule has 2 unspecified atom stereocenters. The van der Waals surface area contributed by atoms with E-state index in [0.717, 1.165) is 28.6 Å². The molecule has 122 valence electrons. The summed E-state index contributed by atoms with van der Waals surface area (Å²) in [6, 6.07) is 8.16. The SMILES string of the molecule is CN(C)C(CNC(=O)CC1CSCCN1)c1ccccc1Cl. The van der Waals surface area contributed by atoms with Crippen LogP contribution in [0.1, 0.15) is 18.0 Å². The topological polar surface area (TPSA) is 44.4 Å². The molecule has 1 heterocycles. The molecule has 1 aromatic rings. The minimum Gasteiger partial charge on any atom is -0.354 e. The standard InChI is InChI=1S/C16H24ClN3OS/c1-20(2)15(13-5-3-4-6-14(13)17)10-19-16(21)9-12-11-22-8-7-18-12/h3-6,12,15,18H,7-11H2,1-2H3,(H,19,21). The zero-order valence-electron chi connectivity index (χ0n) is 13.1. The maximum absolute atomic E-state index is 12.1. The van der Waals surface area contributed by atoms with Gasteiger partial charge in [0.05, 0.1) is 6.04 Å². The Balaban J connectivity index is 1.89. The minimum atomic E-state index is 0.0753. The van der Waals surface area contributed by atoms with Crippen LogP contribution in [0.15, 0.2) is 24.3 Å². The Hall–Kier alpha value is -0.750. The summed E-state index contributed by atoms with van der Waals surface area (Å²) in [5, 5.41) is 7.17. The minimum absolute atomic E-state index is 0.0753. The van der Waals surface area contributed by atoms with Gasteiger partial charge in [0.15, 0.2) is 0 Å². The fourth-order valence-corrected chi connectivity index (χ4v) is 3.78. The number of carbonyl (C=O) groups is 1. The lowest BCUT2D eigenvalue weighted by atomic mass is 10.1. The van der Waals surface area contributed by atoms with Gasteiger partial charge in [-0.3, -0.25) is 4.79 Å². The number of thioether (sulfide) groups is 1. The fraction of sp³-hybridized carbons (Fsp3) is 0.562. The van der Waals surface area contributed by atoms with E-state index in [0.29, 0.717) is 13.0 Å². The zero-order chi connectivity index (χ0) is 15.9. The lowest BCUT2D eigenvalue weighted by Gasteiger charge is -2.27. The van der Waals surface area contributed by atoms with Gasteiger partial charge in [0.2, 0.25) is 5.91 Å². The molecule has 0 saturated carbocycles. The molecule has 2 rings (SSSR count). The highest BCUT2D eigenvalue weighted by Crippen LogP contribution is 2.25. The van der Waals surface area contributed by atoms with Gasteiger partial charge in [-0.2, -0.15) is 11.8 Å². The molecular formula is C16H24ClN3OS. The molecule has 1 amide bonds. The molecule has 22 heavy (non-hydrogen) atoms. The van der Waals surface area contributed by atoms with Crippen LogP contribution in [0.3, 0.4) is 0 Å². The summed E-state index contributed by atoms with van der Waals surface area (Å²) in [6.45, 7) is 1.55. The van der Waals surface area contributed by atoms with Crippen molar-refractivity contribution >= 4 is 29.3 Å². The van der Waals surface area contributed by atoms with Crippen LogP contribution in [0, 0.1) is 0 Å². The van der Waals surface area contributed by atoms with Crippen molar-refractivity contribution in [1.29, 1.82) is 0 Å². The van der Waals surface area contributed by atoms with Crippen molar-refractivity contribution in [3.63, 3.8) is 0 Å². The van der Waals surface area contributed by atoms with Crippen molar-refractivity contribution in [1.82, 2.24) is 15.5 Å². The second kappa shape index (κ2) is 8.77. The number of hydrogen-bond acceptors (Lipinski definition) is 4. The normalized spacial score (nSPS) is 19.9. The largest absolute Gasteiger partial charge is 0.354 e. The maximum Gasteiger partial charge on any atom is 0.221 e. The van der Waals surface area contributed by atoms with E-state index >= 15 is 0 Å².